The van der Waals surface area contributed by atoms with Gasteiger partial charge in [0, 0.05) is 42.2 Å². The average Bonchev–Trinajstić information content (AvgIpc) is 3.52. The van der Waals surface area contributed by atoms with Crippen LogP contribution in [0.4, 0.5) is 5.82 Å². The van der Waals surface area contributed by atoms with Gasteiger partial charge in [0.15, 0.2) is 11.5 Å². The van der Waals surface area contributed by atoms with Crippen LogP contribution >= 0.6 is 0 Å². The normalized spacial score (nSPS) is 11.7. The molecule has 2 aromatic carbocycles. The van der Waals surface area contributed by atoms with Crippen molar-refractivity contribution < 1.29 is 4.79 Å². The highest BCUT2D eigenvalue weighted by Crippen LogP contribution is 2.31. The van der Waals surface area contributed by atoms with Gasteiger partial charge in [0.05, 0.1) is 34.6 Å². The zero-order valence-corrected chi connectivity index (χ0v) is 21.3. The Hall–Kier alpha value is -5.49. The molecule has 39 heavy (non-hydrogen) atoms. The number of benzene rings is 2. The van der Waals surface area contributed by atoms with E-state index in [0.29, 0.717) is 5.65 Å². The zero-order chi connectivity index (χ0) is 26.9. The second-order valence-corrected chi connectivity index (χ2v) is 9.17. The summed E-state index contributed by atoms with van der Waals surface area (Å²) in [6, 6.07) is 19.2. The van der Waals surface area contributed by atoms with Crippen LogP contribution in [-0.4, -0.2) is 35.3 Å². The summed E-state index contributed by atoms with van der Waals surface area (Å²) >= 11 is 0. The van der Waals surface area contributed by atoms with Gasteiger partial charge < -0.3 is 11.1 Å². The number of carbonyl (C=O) groups excluding carboxylic acids is 1. The minimum absolute atomic E-state index is 0.121. The topological polar surface area (TPSA) is 116 Å². The van der Waals surface area contributed by atoms with E-state index in [1.165, 1.54) is 4.52 Å². The summed E-state index contributed by atoms with van der Waals surface area (Å²) < 4.78 is 3.22. The summed E-state index contributed by atoms with van der Waals surface area (Å²) in [6.07, 6.45) is 6.91. The van der Waals surface area contributed by atoms with Gasteiger partial charge in [-0.05, 0) is 25.1 Å². The van der Waals surface area contributed by atoms with Gasteiger partial charge in [0.25, 0.3) is 5.91 Å². The molecule has 4 heterocycles. The van der Waals surface area contributed by atoms with Crippen LogP contribution in [0.1, 0.15) is 40.0 Å². The Morgan fingerprint density at radius 3 is 2.72 bits per heavy atom. The van der Waals surface area contributed by atoms with Gasteiger partial charge in [0.1, 0.15) is 5.56 Å². The summed E-state index contributed by atoms with van der Waals surface area (Å²) in [5.74, 6) is 6.19. The first kappa shape index (κ1) is 23.9. The Labute approximate surface area is 224 Å². The van der Waals surface area contributed by atoms with E-state index in [-0.39, 0.29) is 17.3 Å². The Balaban J connectivity index is 1.43. The molecular weight excluding hydrogens is 488 g/mol. The van der Waals surface area contributed by atoms with Crippen LogP contribution in [0.15, 0.2) is 85.5 Å². The van der Waals surface area contributed by atoms with Gasteiger partial charge in [-0.15, -0.1) is 5.10 Å². The predicted octanol–water partition coefficient (Wildman–Crippen LogP) is 4.15. The second-order valence-electron chi connectivity index (χ2n) is 9.17. The largest absolute Gasteiger partial charge is 0.381 e. The standard InChI is InChI=1S/C30H24N8O/c1-19(34-30(39)25-28(31)36-38-15-7-14-32-29(25)38)24-16-23-11-6-10-22(13-12-20-17-33-37(2)18-20)26(23)35-27(24)21-8-4-3-5-9-21/h3-11,14-19H,1-2H3,(H2,31,36)(H,34,39)/t19-/m1/s1. The molecule has 0 saturated carbocycles. The van der Waals surface area contributed by atoms with E-state index in [4.69, 9.17) is 10.7 Å². The molecule has 1 atom stereocenters. The number of nitrogens with zero attached hydrogens (tertiary/aromatic N) is 6. The maximum absolute atomic E-state index is 13.4. The van der Waals surface area contributed by atoms with E-state index in [0.717, 1.165) is 38.9 Å². The fraction of sp³-hybridized carbons (Fsp3) is 0.100. The number of hydrogen-bond acceptors (Lipinski definition) is 6. The highest BCUT2D eigenvalue weighted by atomic mass is 16.1. The Morgan fingerprint density at radius 2 is 1.92 bits per heavy atom. The van der Waals surface area contributed by atoms with Crippen LogP contribution in [0, 0.1) is 11.8 Å². The van der Waals surface area contributed by atoms with Crippen LogP contribution in [0.25, 0.3) is 27.8 Å². The van der Waals surface area contributed by atoms with Crippen LogP contribution < -0.4 is 11.1 Å². The highest BCUT2D eigenvalue weighted by Gasteiger charge is 2.23. The van der Waals surface area contributed by atoms with E-state index in [1.54, 1.807) is 29.3 Å². The molecule has 0 aliphatic rings. The van der Waals surface area contributed by atoms with Crippen molar-refractivity contribution in [2.45, 2.75) is 13.0 Å². The number of carbonyl (C=O) groups is 1. The number of nitrogens with two attached hydrogens (primary N) is 1. The summed E-state index contributed by atoms with van der Waals surface area (Å²) in [7, 11) is 1.86. The van der Waals surface area contributed by atoms with Gasteiger partial charge in [0.2, 0.25) is 0 Å². The van der Waals surface area contributed by atoms with Crippen LogP contribution in [0.5, 0.6) is 0 Å². The second kappa shape index (κ2) is 9.76. The minimum Gasteiger partial charge on any atom is -0.381 e. The number of anilines is 1. The highest BCUT2D eigenvalue weighted by molar-refractivity contribution is 6.04. The van der Waals surface area contributed by atoms with Crippen molar-refractivity contribution in [3.63, 3.8) is 0 Å². The van der Waals surface area contributed by atoms with Crippen molar-refractivity contribution in [1.29, 1.82) is 0 Å². The summed E-state index contributed by atoms with van der Waals surface area (Å²) in [4.78, 5) is 22.8. The Kier molecular flexibility index (Phi) is 5.98. The van der Waals surface area contributed by atoms with Gasteiger partial charge >= 0.3 is 0 Å². The number of nitrogens with one attached hydrogen (secondary N) is 1. The lowest BCUT2D eigenvalue weighted by Crippen LogP contribution is -2.28. The van der Waals surface area contributed by atoms with Crippen molar-refractivity contribution in [2.75, 3.05) is 5.73 Å². The number of fused-ring (bicyclic) bond motifs is 2. The van der Waals surface area contributed by atoms with E-state index in [1.807, 2.05) is 68.7 Å². The minimum atomic E-state index is -0.396. The van der Waals surface area contributed by atoms with Crippen molar-refractivity contribution in [3.05, 3.63) is 108 Å². The molecule has 0 unspecified atom stereocenters. The first-order chi connectivity index (χ1) is 19.0. The Bertz CT molecular complexity index is 1910. The quantitative estimate of drug-likeness (QED) is 0.343. The molecule has 0 bridgehead atoms. The number of amides is 1. The lowest BCUT2D eigenvalue weighted by molar-refractivity contribution is 0.0942. The van der Waals surface area contributed by atoms with Crippen molar-refractivity contribution in [2.24, 2.45) is 7.05 Å². The molecule has 3 N–H and O–H groups in total. The van der Waals surface area contributed by atoms with Crippen LogP contribution in [0.2, 0.25) is 0 Å². The van der Waals surface area contributed by atoms with Crippen molar-refractivity contribution in [1.82, 2.24) is 34.7 Å². The lowest BCUT2D eigenvalue weighted by atomic mass is 9.97. The fourth-order valence-corrected chi connectivity index (χ4v) is 4.57. The SMILES string of the molecule is C[C@@H](NC(=O)c1c(N)nn2cccnc12)c1cc2cccc(C#Cc3cnn(C)c3)c2nc1-c1ccccc1. The number of hydrogen-bond donors (Lipinski definition) is 2. The van der Waals surface area contributed by atoms with E-state index >= 15 is 0 Å². The number of pyridine rings is 1. The molecule has 0 saturated heterocycles. The fourth-order valence-electron chi connectivity index (χ4n) is 4.57. The maximum atomic E-state index is 13.4. The number of aryl methyl sites for hydroxylation is 1. The molecule has 9 heteroatoms. The van der Waals surface area contributed by atoms with E-state index in [2.05, 4.69) is 38.4 Å². The number of rotatable bonds is 4. The maximum Gasteiger partial charge on any atom is 0.259 e. The lowest BCUT2D eigenvalue weighted by Gasteiger charge is -2.19. The molecule has 190 valence electrons. The molecule has 4 aromatic heterocycles. The molecule has 0 fully saturated rings. The number of nitrogen functional groups attached to an aromatic ring is 1. The molecule has 1 amide bonds. The first-order valence-electron chi connectivity index (χ1n) is 12.4. The van der Waals surface area contributed by atoms with Crippen molar-refractivity contribution in [3.8, 4) is 23.1 Å². The smallest absolute Gasteiger partial charge is 0.259 e. The van der Waals surface area contributed by atoms with Gasteiger partial charge in [-0.2, -0.15) is 5.10 Å². The Morgan fingerprint density at radius 1 is 1.08 bits per heavy atom. The van der Waals surface area contributed by atoms with Crippen molar-refractivity contribution >= 4 is 28.3 Å². The molecule has 6 aromatic rings. The average molecular weight is 513 g/mol. The third kappa shape index (κ3) is 4.55. The number of aromatic nitrogens is 6. The van der Waals surface area contributed by atoms with Crippen LogP contribution in [0.3, 0.4) is 0 Å². The molecular formula is C30H24N8O. The monoisotopic (exact) mass is 512 g/mol. The molecule has 6 rings (SSSR count). The predicted molar refractivity (Wildman–Crippen MR) is 150 cm³/mol. The first-order valence-corrected chi connectivity index (χ1v) is 12.4. The molecule has 0 aliphatic carbocycles. The molecule has 0 radical (unpaired) electrons. The number of para-hydroxylation sites is 1. The van der Waals surface area contributed by atoms with Gasteiger partial charge in [-0.1, -0.05) is 54.3 Å². The molecule has 9 nitrogen and oxygen atoms in total. The zero-order valence-electron chi connectivity index (χ0n) is 21.3. The molecule has 0 spiro atoms. The summed E-state index contributed by atoms with van der Waals surface area (Å²) in [5.41, 5.74) is 11.7. The third-order valence-corrected chi connectivity index (χ3v) is 6.43. The summed E-state index contributed by atoms with van der Waals surface area (Å²) in [6.45, 7) is 1.93. The summed E-state index contributed by atoms with van der Waals surface area (Å²) in [5, 5.41) is 12.4. The van der Waals surface area contributed by atoms with Gasteiger partial charge in [-0.25, -0.2) is 14.5 Å². The van der Waals surface area contributed by atoms with Crippen LogP contribution in [-0.2, 0) is 7.05 Å². The van der Waals surface area contributed by atoms with Gasteiger partial charge in [-0.3, -0.25) is 9.48 Å². The third-order valence-electron chi connectivity index (χ3n) is 6.43. The van der Waals surface area contributed by atoms with E-state index < -0.39 is 6.04 Å². The van der Waals surface area contributed by atoms with E-state index in [9.17, 15) is 4.79 Å². The molecule has 0 aliphatic heterocycles.